The van der Waals surface area contributed by atoms with Crippen molar-refractivity contribution < 1.29 is 9.59 Å². The molecular formula is C25H19N3O2. The lowest BCUT2D eigenvalue weighted by molar-refractivity contribution is -0.116. The minimum absolute atomic E-state index is 0.0723. The quantitative estimate of drug-likeness (QED) is 0.518. The van der Waals surface area contributed by atoms with E-state index in [4.69, 9.17) is 4.98 Å². The van der Waals surface area contributed by atoms with Crippen LogP contribution in [0.3, 0.4) is 0 Å². The third-order valence-corrected chi connectivity index (χ3v) is 5.31. The average Bonchev–Trinajstić information content (AvgIpc) is 3.08. The van der Waals surface area contributed by atoms with Crippen molar-refractivity contribution in [3.05, 3.63) is 90.1 Å². The van der Waals surface area contributed by atoms with Crippen LogP contribution >= 0.6 is 0 Å². The highest BCUT2D eigenvalue weighted by Gasteiger charge is 2.33. The summed E-state index contributed by atoms with van der Waals surface area (Å²) in [6.07, 6.45) is 0. The van der Waals surface area contributed by atoms with E-state index in [9.17, 15) is 9.59 Å². The van der Waals surface area contributed by atoms with Gasteiger partial charge in [0.15, 0.2) is 0 Å². The lowest BCUT2D eigenvalue weighted by Crippen LogP contribution is -2.14. The van der Waals surface area contributed by atoms with E-state index >= 15 is 0 Å². The molecule has 0 aliphatic carbocycles. The predicted octanol–water partition coefficient (Wildman–Crippen LogP) is 4.94. The van der Waals surface area contributed by atoms with Crippen molar-refractivity contribution >= 4 is 34.1 Å². The van der Waals surface area contributed by atoms with Gasteiger partial charge < -0.3 is 10.6 Å². The summed E-state index contributed by atoms with van der Waals surface area (Å²) in [6, 6.07) is 25.4. The molecule has 4 aromatic rings. The molecule has 0 spiro atoms. The molecule has 2 heterocycles. The number of benzene rings is 3. The third-order valence-electron chi connectivity index (χ3n) is 5.31. The second-order valence-electron chi connectivity index (χ2n) is 7.42. The number of rotatable bonds is 3. The molecule has 0 saturated heterocycles. The molecule has 1 aliphatic heterocycles. The molecule has 146 valence electrons. The Morgan fingerprint density at radius 1 is 0.933 bits per heavy atom. The van der Waals surface area contributed by atoms with Gasteiger partial charge in [0.25, 0.3) is 0 Å². The van der Waals surface area contributed by atoms with Crippen molar-refractivity contribution in [2.75, 3.05) is 10.6 Å². The zero-order valence-corrected chi connectivity index (χ0v) is 16.3. The van der Waals surface area contributed by atoms with Crippen LogP contribution in [-0.4, -0.2) is 16.8 Å². The first-order valence-electron chi connectivity index (χ1n) is 9.77. The van der Waals surface area contributed by atoms with Crippen LogP contribution in [0.4, 0.5) is 11.4 Å². The summed E-state index contributed by atoms with van der Waals surface area (Å²) >= 11 is 0. The Hall–Kier alpha value is -3.99. The Labute approximate surface area is 173 Å². The number of aromatic nitrogens is 1. The summed E-state index contributed by atoms with van der Waals surface area (Å²) in [6.45, 7) is 1.49. The van der Waals surface area contributed by atoms with E-state index in [0.29, 0.717) is 0 Å². The summed E-state index contributed by atoms with van der Waals surface area (Å²) in [5.41, 5.74) is 6.00. The molecule has 3 aromatic carbocycles. The highest BCUT2D eigenvalue weighted by Crippen LogP contribution is 2.39. The molecule has 0 radical (unpaired) electrons. The standard InChI is InChI=1S/C25H19N3O2/c1-15(29)26-19-7-4-6-17(13-19)18-10-11-22-20(14-18)24(25(30)28-22)23-12-9-16-5-2-3-8-21(16)27-23/h2-14,24H,1H3,(H,26,29)(H,28,30). The fourth-order valence-electron chi connectivity index (χ4n) is 3.96. The Morgan fingerprint density at radius 2 is 1.77 bits per heavy atom. The first kappa shape index (κ1) is 18.1. The molecule has 0 saturated carbocycles. The van der Waals surface area contributed by atoms with Crippen molar-refractivity contribution in [1.82, 2.24) is 4.98 Å². The number of nitrogens with zero attached hydrogens (tertiary/aromatic N) is 1. The number of hydrogen-bond acceptors (Lipinski definition) is 3. The molecule has 30 heavy (non-hydrogen) atoms. The molecule has 0 bridgehead atoms. The number of nitrogens with one attached hydrogen (secondary N) is 2. The van der Waals surface area contributed by atoms with Crippen LogP contribution in [-0.2, 0) is 9.59 Å². The molecule has 0 fully saturated rings. The van der Waals surface area contributed by atoms with Gasteiger partial charge in [-0.15, -0.1) is 0 Å². The highest BCUT2D eigenvalue weighted by molar-refractivity contribution is 6.05. The maximum absolute atomic E-state index is 12.8. The first-order valence-corrected chi connectivity index (χ1v) is 9.77. The van der Waals surface area contributed by atoms with E-state index in [2.05, 4.69) is 10.6 Å². The lowest BCUT2D eigenvalue weighted by Gasteiger charge is -2.12. The van der Waals surface area contributed by atoms with Crippen molar-refractivity contribution in [2.24, 2.45) is 0 Å². The Balaban J connectivity index is 1.57. The summed E-state index contributed by atoms with van der Waals surface area (Å²) in [4.78, 5) is 28.9. The van der Waals surface area contributed by atoms with Crippen LogP contribution in [0.25, 0.3) is 22.0 Å². The van der Waals surface area contributed by atoms with Gasteiger partial charge in [-0.2, -0.15) is 0 Å². The Morgan fingerprint density at radius 3 is 2.63 bits per heavy atom. The molecule has 2 amide bonds. The second-order valence-corrected chi connectivity index (χ2v) is 7.42. The molecule has 2 N–H and O–H groups in total. The number of pyridine rings is 1. The fraction of sp³-hybridized carbons (Fsp3) is 0.0800. The van der Waals surface area contributed by atoms with Gasteiger partial charge in [-0.1, -0.05) is 42.5 Å². The summed E-state index contributed by atoms with van der Waals surface area (Å²) in [5.74, 6) is -0.640. The molecule has 5 rings (SSSR count). The minimum atomic E-state index is -0.455. The number of fused-ring (bicyclic) bond motifs is 2. The van der Waals surface area contributed by atoms with Crippen LogP contribution in [0.1, 0.15) is 24.1 Å². The van der Waals surface area contributed by atoms with Crippen LogP contribution in [0.2, 0.25) is 0 Å². The maximum atomic E-state index is 12.8. The summed E-state index contributed by atoms with van der Waals surface area (Å²) in [7, 11) is 0. The van der Waals surface area contributed by atoms with Gasteiger partial charge in [0.2, 0.25) is 11.8 Å². The second kappa shape index (κ2) is 7.12. The number of hydrogen-bond donors (Lipinski definition) is 2. The van der Waals surface area contributed by atoms with Gasteiger partial charge in [-0.3, -0.25) is 14.6 Å². The van der Waals surface area contributed by atoms with E-state index in [1.165, 1.54) is 6.92 Å². The number of amides is 2. The van der Waals surface area contributed by atoms with Gasteiger partial charge in [0, 0.05) is 23.7 Å². The van der Waals surface area contributed by atoms with Gasteiger partial charge in [-0.25, -0.2) is 0 Å². The number of anilines is 2. The van der Waals surface area contributed by atoms with E-state index in [1.807, 2.05) is 78.9 Å². The monoisotopic (exact) mass is 393 g/mol. The predicted molar refractivity (Wildman–Crippen MR) is 118 cm³/mol. The Kier molecular flexibility index (Phi) is 4.29. The molecule has 5 heteroatoms. The first-order chi connectivity index (χ1) is 14.6. The van der Waals surface area contributed by atoms with Gasteiger partial charge in [0.05, 0.1) is 11.2 Å². The zero-order valence-electron chi connectivity index (χ0n) is 16.3. The Bertz CT molecular complexity index is 1310. The molecule has 1 aliphatic rings. The smallest absolute Gasteiger partial charge is 0.238 e. The normalized spacial score (nSPS) is 15.0. The number of carbonyl (C=O) groups is 2. The summed E-state index contributed by atoms with van der Waals surface area (Å²) in [5, 5.41) is 6.83. The van der Waals surface area contributed by atoms with Crippen LogP contribution in [0.5, 0.6) is 0 Å². The fourth-order valence-corrected chi connectivity index (χ4v) is 3.96. The van der Waals surface area contributed by atoms with E-state index < -0.39 is 5.92 Å². The van der Waals surface area contributed by atoms with Crippen molar-refractivity contribution in [3.8, 4) is 11.1 Å². The van der Waals surface area contributed by atoms with Crippen LogP contribution < -0.4 is 10.6 Å². The van der Waals surface area contributed by atoms with E-state index in [1.54, 1.807) is 0 Å². The van der Waals surface area contributed by atoms with Crippen molar-refractivity contribution in [3.63, 3.8) is 0 Å². The van der Waals surface area contributed by atoms with Crippen molar-refractivity contribution in [1.29, 1.82) is 0 Å². The van der Waals surface area contributed by atoms with Gasteiger partial charge in [-0.05, 0) is 53.1 Å². The van der Waals surface area contributed by atoms with E-state index in [0.717, 1.165) is 44.7 Å². The maximum Gasteiger partial charge on any atom is 0.238 e. The van der Waals surface area contributed by atoms with Crippen LogP contribution in [0, 0.1) is 0 Å². The lowest BCUT2D eigenvalue weighted by atomic mass is 9.93. The molecular weight excluding hydrogens is 374 g/mol. The third kappa shape index (κ3) is 3.20. The zero-order chi connectivity index (χ0) is 20.7. The topological polar surface area (TPSA) is 71.1 Å². The molecule has 1 aromatic heterocycles. The largest absolute Gasteiger partial charge is 0.326 e. The molecule has 5 nitrogen and oxygen atoms in total. The number of para-hydroxylation sites is 1. The summed E-state index contributed by atoms with van der Waals surface area (Å²) < 4.78 is 0. The van der Waals surface area contributed by atoms with E-state index in [-0.39, 0.29) is 11.8 Å². The minimum Gasteiger partial charge on any atom is -0.326 e. The average molecular weight is 393 g/mol. The van der Waals surface area contributed by atoms with Gasteiger partial charge >= 0.3 is 0 Å². The SMILES string of the molecule is CC(=O)Nc1cccc(-c2ccc3c(c2)C(c2ccc4ccccc4n2)C(=O)N3)c1. The highest BCUT2D eigenvalue weighted by atomic mass is 16.2. The van der Waals surface area contributed by atoms with Crippen molar-refractivity contribution in [2.45, 2.75) is 12.8 Å². The molecule has 1 atom stereocenters. The van der Waals surface area contributed by atoms with Crippen LogP contribution in [0.15, 0.2) is 78.9 Å². The number of carbonyl (C=O) groups excluding carboxylic acids is 2. The molecule has 1 unspecified atom stereocenters. The van der Waals surface area contributed by atoms with Gasteiger partial charge in [0.1, 0.15) is 5.92 Å².